The van der Waals surface area contributed by atoms with E-state index in [0.717, 1.165) is 16.8 Å². The van der Waals surface area contributed by atoms with Gasteiger partial charge in [-0.05, 0) is 36.8 Å². The van der Waals surface area contributed by atoms with Crippen molar-refractivity contribution in [1.29, 1.82) is 0 Å². The van der Waals surface area contributed by atoms with Gasteiger partial charge in [0.2, 0.25) is 5.91 Å². The molecule has 1 N–H and O–H groups in total. The van der Waals surface area contributed by atoms with Crippen LogP contribution in [0.1, 0.15) is 5.56 Å². The number of carbonyl (C=O) groups excluding carboxylic acids is 1. The summed E-state index contributed by atoms with van der Waals surface area (Å²) in [4.78, 5) is 12.1. The van der Waals surface area contributed by atoms with Crippen molar-refractivity contribution in [2.24, 2.45) is 7.05 Å². The highest BCUT2D eigenvalue weighted by Crippen LogP contribution is 2.24. The number of aryl methyl sites for hydroxylation is 1. The number of aromatic nitrogens is 3. The molecule has 0 aliphatic carbocycles. The Hall–Kier alpha value is -2.31. The number of benzene rings is 2. The van der Waals surface area contributed by atoms with Gasteiger partial charge < -0.3 is 9.88 Å². The molecule has 0 unspecified atom stereocenters. The molecule has 3 rings (SSSR count). The fourth-order valence-corrected chi connectivity index (χ4v) is 3.27. The maximum atomic E-state index is 12.1. The lowest BCUT2D eigenvalue weighted by Crippen LogP contribution is -2.14. The van der Waals surface area contributed by atoms with E-state index in [1.165, 1.54) is 11.8 Å². The van der Waals surface area contributed by atoms with E-state index in [2.05, 4.69) is 15.5 Å². The molecule has 128 valence electrons. The Labute approximate surface area is 155 Å². The lowest BCUT2D eigenvalue weighted by atomic mass is 10.2. The summed E-state index contributed by atoms with van der Waals surface area (Å²) in [7, 11) is 1.87. The number of anilines is 1. The Morgan fingerprint density at radius 1 is 1.20 bits per heavy atom. The SMILES string of the molecule is Cc1cccc(NC(=O)CSc2nnc(-c3cccc(Cl)c3)n2C)c1. The molecule has 0 saturated carbocycles. The van der Waals surface area contributed by atoms with Gasteiger partial charge in [-0.25, -0.2) is 0 Å². The van der Waals surface area contributed by atoms with Gasteiger partial charge in [-0.3, -0.25) is 4.79 Å². The van der Waals surface area contributed by atoms with Crippen molar-refractivity contribution in [1.82, 2.24) is 14.8 Å². The summed E-state index contributed by atoms with van der Waals surface area (Å²) in [5.41, 5.74) is 2.78. The molecule has 0 fully saturated rings. The van der Waals surface area contributed by atoms with Crippen molar-refractivity contribution in [3.05, 3.63) is 59.1 Å². The molecule has 2 aromatic carbocycles. The van der Waals surface area contributed by atoms with E-state index < -0.39 is 0 Å². The molecular weight excluding hydrogens is 356 g/mol. The van der Waals surface area contributed by atoms with Crippen LogP contribution in [0.15, 0.2) is 53.7 Å². The lowest BCUT2D eigenvalue weighted by molar-refractivity contribution is -0.113. The third kappa shape index (κ3) is 4.41. The summed E-state index contributed by atoms with van der Waals surface area (Å²) in [6, 6.07) is 15.1. The molecule has 0 aliphatic rings. The van der Waals surface area contributed by atoms with E-state index in [4.69, 9.17) is 11.6 Å². The van der Waals surface area contributed by atoms with Crippen LogP contribution in [0.4, 0.5) is 5.69 Å². The predicted molar refractivity (Wildman–Crippen MR) is 102 cm³/mol. The summed E-state index contributed by atoms with van der Waals surface area (Å²) in [5, 5.41) is 12.6. The normalized spacial score (nSPS) is 10.7. The fraction of sp³-hybridized carbons (Fsp3) is 0.167. The fourth-order valence-electron chi connectivity index (χ4n) is 2.37. The average Bonchev–Trinajstić information content (AvgIpc) is 2.94. The maximum Gasteiger partial charge on any atom is 0.234 e. The van der Waals surface area contributed by atoms with Crippen molar-refractivity contribution >= 4 is 35.0 Å². The summed E-state index contributed by atoms with van der Waals surface area (Å²) in [6.07, 6.45) is 0. The first-order chi connectivity index (χ1) is 12.0. The number of nitrogens with one attached hydrogen (secondary N) is 1. The summed E-state index contributed by atoms with van der Waals surface area (Å²) >= 11 is 7.37. The van der Waals surface area contributed by atoms with Crippen LogP contribution in [0.3, 0.4) is 0 Å². The van der Waals surface area contributed by atoms with Gasteiger partial charge in [0.25, 0.3) is 0 Å². The number of nitrogens with zero attached hydrogens (tertiary/aromatic N) is 3. The summed E-state index contributed by atoms with van der Waals surface area (Å²) < 4.78 is 1.86. The van der Waals surface area contributed by atoms with Gasteiger partial charge in [0.05, 0.1) is 5.75 Å². The molecular formula is C18H17ClN4OS. The molecule has 3 aromatic rings. The standard InChI is InChI=1S/C18H17ClN4OS/c1-12-5-3-8-15(9-12)20-16(24)11-25-18-22-21-17(23(18)2)13-6-4-7-14(19)10-13/h3-10H,11H2,1-2H3,(H,20,24). The van der Waals surface area contributed by atoms with Crippen molar-refractivity contribution in [3.63, 3.8) is 0 Å². The topological polar surface area (TPSA) is 59.8 Å². The van der Waals surface area contributed by atoms with E-state index in [0.29, 0.717) is 16.0 Å². The third-order valence-electron chi connectivity index (χ3n) is 3.55. The van der Waals surface area contributed by atoms with E-state index in [9.17, 15) is 4.79 Å². The van der Waals surface area contributed by atoms with Crippen LogP contribution in [0.2, 0.25) is 5.02 Å². The number of halogens is 1. The Morgan fingerprint density at radius 2 is 2.00 bits per heavy atom. The minimum absolute atomic E-state index is 0.0806. The number of carbonyl (C=O) groups is 1. The Balaban J connectivity index is 1.65. The number of hydrogen-bond acceptors (Lipinski definition) is 4. The molecule has 1 amide bonds. The highest BCUT2D eigenvalue weighted by atomic mass is 35.5. The molecule has 0 aliphatic heterocycles. The van der Waals surface area contributed by atoms with Crippen molar-refractivity contribution in [3.8, 4) is 11.4 Å². The van der Waals surface area contributed by atoms with E-state index >= 15 is 0 Å². The molecule has 0 saturated heterocycles. The molecule has 0 radical (unpaired) electrons. The van der Waals surface area contributed by atoms with Gasteiger partial charge in [-0.1, -0.05) is 47.6 Å². The lowest BCUT2D eigenvalue weighted by Gasteiger charge is -2.06. The van der Waals surface area contributed by atoms with Crippen LogP contribution >= 0.6 is 23.4 Å². The minimum atomic E-state index is -0.0806. The maximum absolute atomic E-state index is 12.1. The van der Waals surface area contributed by atoms with Crippen molar-refractivity contribution < 1.29 is 4.79 Å². The number of rotatable bonds is 5. The molecule has 7 heteroatoms. The van der Waals surface area contributed by atoms with E-state index in [1.54, 1.807) is 0 Å². The highest BCUT2D eigenvalue weighted by molar-refractivity contribution is 7.99. The molecule has 0 spiro atoms. The quantitative estimate of drug-likeness (QED) is 0.683. The average molecular weight is 373 g/mol. The Morgan fingerprint density at radius 3 is 2.76 bits per heavy atom. The molecule has 0 bridgehead atoms. The van der Waals surface area contributed by atoms with Crippen LogP contribution in [0, 0.1) is 6.92 Å². The first-order valence-corrected chi connectivity index (χ1v) is 9.04. The van der Waals surface area contributed by atoms with Crippen LogP contribution in [0.5, 0.6) is 0 Å². The minimum Gasteiger partial charge on any atom is -0.325 e. The summed E-state index contributed by atoms with van der Waals surface area (Å²) in [5.74, 6) is 0.891. The number of thioether (sulfide) groups is 1. The van der Waals surface area contributed by atoms with Gasteiger partial charge in [0, 0.05) is 23.3 Å². The first-order valence-electron chi connectivity index (χ1n) is 7.67. The smallest absolute Gasteiger partial charge is 0.234 e. The van der Waals surface area contributed by atoms with Crippen molar-refractivity contribution in [2.45, 2.75) is 12.1 Å². The molecule has 1 heterocycles. The molecule has 5 nitrogen and oxygen atoms in total. The second kappa shape index (κ2) is 7.72. The molecule has 1 aromatic heterocycles. The Kier molecular flexibility index (Phi) is 5.40. The third-order valence-corrected chi connectivity index (χ3v) is 4.81. The monoisotopic (exact) mass is 372 g/mol. The second-order valence-electron chi connectivity index (χ2n) is 5.58. The van der Waals surface area contributed by atoms with Crippen LogP contribution in [0.25, 0.3) is 11.4 Å². The highest BCUT2D eigenvalue weighted by Gasteiger charge is 2.13. The van der Waals surface area contributed by atoms with Crippen LogP contribution < -0.4 is 5.32 Å². The zero-order valence-corrected chi connectivity index (χ0v) is 15.4. The molecule has 25 heavy (non-hydrogen) atoms. The predicted octanol–water partition coefficient (Wildman–Crippen LogP) is 4.17. The molecule has 0 atom stereocenters. The number of amides is 1. The van der Waals surface area contributed by atoms with E-state index in [-0.39, 0.29) is 11.7 Å². The van der Waals surface area contributed by atoms with Gasteiger partial charge in [0.1, 0.15) is 0 Å². The zero-order chi connectivity index (χ0) is 17.8. The van der Waals surface area contributed by atoms with Gasteiger partial charge in [-0.15, -0.1) is 10.2 Å². The van der Waals surface area contributed by atoms with Gasteiger partial charge >= 0.3 is 0 Å². The van der Waals surface area contributed by atoms with Gasteiger partial charge in [-0.2, -0.15) is 0 Å². The summed E-state index contributed by atoms with van der Waals surface area (Å²) in [6.45, 7) is 1.99. The zero-order valence-electron chi connectivity index (χ0n) is 13.9. The van der Waals surface area contributed by atoms with Crippen LogP contribution in [-0.4, -0.2) is 26.4 Å². The van der Waals surface area contributed by atoms with E-state index in [1.807, 2.05) is 67.1 Å². The Bertz CT molecular complexity index is 910. The van der Waals surface area contributed by atoms with Crippen molar-refractivity contribution in [2.75, 3.05) is 11.1 Å². The number of hydrogen-bond donors (Lipinski definition) is 1. The largest absolute Gasteiger partial charge is 0.325 e. The van der Waals surface area contributed by atoms with Gasteiger partial charge in [0.15, 0.2) is 11.0 Å². The van der Waals surface area contributed by atoms with Crippen LogP contribution in [-0.2, 0) is 11.8 Å². The second-order valence-corrected chi connectivity index (χ2v) is 6.96. The first kappa shape index (κ1) is 17.5.